The highest BCUT2D eigenvalue weighted by atomic mass is 35.5. The molecule has 2 atom stereocenters. The van der Waals surface area contributed by atoms with E-state index in [-0.39, 0.29) is 17.6 Å². The second-order valence-corrected chi connectivity index (χ2v) is 11.9. The van der Waals surface area contributed by atoms with Crippen LogP contribution >= 0.6 is 22.9 Å². The van der Waals surface area contributed by atoms with Gasteiger partial charge in [-0.3, -0.25) is 4.79 Å². The first kappa shape index (κ1) is 24.0. The first-order chi connectivity index (χ1) is 16.6. The van der Waals surface area contributed by atoms with Gasteiger partial charge in [-0.15, -0.1) is 10.2 Å². The minimum absolute atomic E-state index is 0.0160. The number of benzene rings is 1. The number of halogens is 1. The second-order valence-electron chi connectivity index (χ2n) is 10.5. The van der Waals surface area contributed by atoms with Crippen molar-refractivity contribution in [1.29, 1.82) is 0 Å². The standard InChI is InChI=1S/C24H30ClN7O2S/c1-15(2)9-23-12-24(16(3)4,14-30(23)18-7-5-6-17(25)8-18)31(13-23)22-26-10-19(35-22)21-27-29-32(28-21)11-20(33)34/h5-8,10,15-16H,9,11-14H2,1-4H3,(H,33,34). The normalized spacial score (nSPS) is 23.7. The van der Waals surface area contributed by atoms with Crippen molar-refractivity contribution in [3.05, 3.63) is 35.5 Å². The third-order valence-corrected chi connectivity index (χ3v) is 8.54. The summed E-state index contributed by atoms with van der Waals surface area (Å²) >= 11 is 7.93. The fraction of sp³-hybridized carbons (Fsp3) is 0.542. The summed E-state index contributed by atoms with van der Waals surface area (Å²) in [5, 5.41) is 22.8. The van der Waals surface area contributed by atoms with Gasteiger partial charge in [0.25, 0.3) is 0 Å². The Morgan fingerprint density at radius 1 is 1.23 bits per heavy atom. The number of carboxylic acid groups (broad SMARTS) is 1. The van der Waals surface area contributed by atoms with Gasteiger partial charge in [-0.05, 0) is 48.1 Å². The number of piperazine rings is 1. The molecule has 35 heavy (non-hydrogen) atoms. The highest BCUT2D eigenvalue weighted by molar-refractivity contribution is 7.18. The number of hydrogen-bond donors (Lipinski definition) is 1. The Hall–Kier alpha value is -2.72. The van der Waals surface area contributed by atoms with E-state index in [2.05, 4.69) is 65.0 Å². The van der Waals surface area contributed by atoms with Gasteiger partial charge in [0.1, 0.15) is 0 Å². The molecule has 3 aromatic rings. The van der Waals surface area contributed by atoms with Gasteiger partial charge in [0, 0.05) is 23.8 Å². The Bertz CT molecular complexity index is 1240. The molecule has 2 unspecified atom stereocenters. The molecule has 186 valence electrons. The van der Waals surface area contributed by atoms with Crippen molar-refractivity contribution in [3.63, 3.8) is 0 Å². The molecule has 9 nitrogen and oxygen atoms in total. The van der Waals surface area contributed by atoms with E-state index in [1.165, 1.54) is 17.0 Å². The lowest BCUT2D eigenvalue weighted by Gasteiger charge is -2.49. The lowest BCUT2D eigenvalue weighted by molar-refractivity contribution is -0.138. The number of hydrogen-bond acceptors (Lipinski definition) is 8. The summed E-state index contributed by atoms with van der Waals surface area (Å²) in [6.07, 6.45) is 3.91. The van der Waals surface area contributed by atoms with E-state index < -0.39 is 5.97 Å². The van der Waals surface area contributed by atoms with E-state index in [9.17, 15) is 4.79 Å². The molecule has 2 bridgehead atoms. The number of aliphatic carboxylic acids is 1. The predicted octanol–water partition coefficient (Wildman–Crippen LogP) is 4.44. The first-order valence-corrected chi connectivity index (χ1v) is 13.1. The van der Waals surface area contributed by atoms with Crippen molar-refractivity contribution in [2.24, 2.45) is 11.8 Å². The van der Waals surface area contributed by atoms with Crippen molar-refractivity contribution in [2.75, 3.05) is 22.9 Å². The molecule has 5 rings (SSSR count). The topological polar surface area (TPSA) is 100 Å². The second kappa shape index (κ2) is 8.74. The maximum Gasteiger partial charge on any atom is 0.327 e. The number of fused-ring (bicyclic) bond motifs is 2. The maximum absolute atomic E-state index is 11.0. The number of rotatable bonds is 8. The van der Waals surface area contributed by atoms with Crippen LogP contribution in [0.15, 0.2) is 30.5 Å². The van der Waals surface area contributed by atoms with Crippen LogP contribution in [0.5, 0.6) is 0 Å². The fourth-order valence-electron chi connectivity index (χ4n) is 5.93. The minimum Gasteiger partial charge on any atom is -0.480 e. The van der Waals surface area contributed by atoms with Crippen molar-refractivity contribution < 1.29 is 9.90 Å². The number of carbonyl (C=O) groups is 1. The van der Waals surface area contributed by atoms with Crippen molar-refractivity contribution in [3.8, 4) is 10.7 Å². The zero-order valence-electron chi connectivity index (χ0n) is 20.3. The summed E-state index contributed by atoms with van der Waals surface area (Å²) in [6, 6.07) is 8.21. The molecule has 4 heterocycles. The first-order valence-electron chi connectivity index (χ1n) is 11.9. The Labute approximate surface area is 213 Å². The third-order valence-electron chi connectivity index (χ3n) is 7.29. The number of thiazole rings is 1. The number of anilines is 2. The molecule has 11 heteroatoms. The highest BCUT2D eigenvalue weighted by Crippen LogP contribution is 2.56. The van der Waals surface area contributed by atoms with Gasteiger partial charge in [0.15, 0.2) is 11.7 Å². The Morgan fingerprint density at radius 2 is 2.03 bits per heavy atom. The van der Waals surface area contributed by atoms with Crippen molar-refractivity contribution in [2.45, 2.75) is 58.2 Å². The Morgan fingerprint density at radius 3 is 2.71 bits per heavy atom. The van der Waals surface area contributed by atoms with Crippen LogP contribution in [0.4, 0.5) is 10.8 Å². The molecule has 0 radical (unpaired) electrons. The predicted molar refractivity (Wildman–Crippen MR) is 137 cm³/mol. The van der Waals surface area contributed by atoms with Gasteiger partial charge in [-0.25, -0.2) is 4.98 Å². The smallest absolute Gasteiger partial charge is 0.327 e. The van der Waals surface area contributed by atoms with E-state index in [4.69, 9.17) is 21.7 Å². The molecule has 2 fully saturated rings. The molecule has 0 amide bonds. The largest absolute Gasteiger partial charge is 0.480 e. The van der Waals surface area contributed by atoms with Crippen LogP contribution in [0.25, 0.3) is 10.7 Å². The Kier molecular flexibility index (Phi) is 5.99. The molecular formula is C24H30ClN7O2S. The molecule has 0 saturated carbocycles. The summed E-state index contributed by atoms with van der Waals surface area (Å²) < 4.78 is 0. The molecule has 0 spiro atoms. The summed E-state index contributed by atoms with van der Waals surface area (Å²) in [7, 11) is 0. The van der Waals surface area contributed by atoms with Gasteiger partial charge in [-0.2, -0.15) is 4.80 Å². The molecule has 2 aliphatic rings. The van der Waals surface area contributed by atoms with Crippen LogP contribution < -0.4 is 9.80 Å². The van der Waals surface area contributed by atoms with E-state index in [0.29, 0.717) is 17.7 Å². The summed E-state index contributed by atoms with van der Waals surface area (Å²) in [4.78, 5) is 22.7. The van der Waals surface area contributed by atoms with Gasteiger partial charge >= 0.3 is 5.97 Å². The van der Waals surface area contributed by atoms with Crippen LogP contribution in [0.1, 0.15) is 40.5 Å². The van der Waals surface area contributed by atoms with Crippen molar-refractivity contribution >= 4 is 39.7 Å². The van der Waals surface area contributed by atoms with Gasteiger partial charge in [0.2, 0.25) is 5.82 Å². The zero-order valence-corrected chi connectivity index (χ0v) is 21.9. The number of aromatic nitrogens is 5. The SMILES string of the molecule is CC(C)CC12CN(c3ncc(-c4nnn(CC(=O)O)n4)s3)C(C(C)C)(CN1c1cccc(Cl)c1)C2. The summed E-state index contributed by atoms with van der Waals surface area (Å²) in [6.45, 7) is 10.6. The van der Waals surface area contributed by atoms with Crippen LogP contribution in [-0.4, -0.2) is 60.4 Å². The van der Waals surface area contributed by atoms with E-state index in [0.717, 1.165) is 45.8 Å². The zero-order chi connectivity index (χ0) is 25.0. The average molecular weight is 516 g/mol. The van der Waals surface area contributed by atoms with Crippen LogP contribution in [0.2, 0.25) is 5.02 Å². The number of nitrogens with zero attached hydrogens (tertiary/aromatic N) is 7. The number of carboxylic acids is 1. The fourth-order valence-corrected chi connectivity index (χ4v) is 7.05. The van der Waals surface area contributed by atoms with Crippen LogP contribution in [-0.2, 0) is 11.3 Å². The van der Waals surface area contributed by atoms with Crippen LogP contribution in [0, 0.1) is 11.8 Å². The van der Waals surface area contributed by atoms with Gasteiger partial charge in [-0.1, -0.05) is 56.7 Å². The molecule has 2 aromatic heterocycles. The lowest BCUT2D eigenvalue weighted by Crippen LogP contribution is -2.60. The molecular weight excluding hydrogens is 486 g/mol. The highest BCUT2D eigenvalue weighted by Gasteiger charge is 2.64. The van der Waals surface area contributed by atoms with Crippen LogP contribution in [0.3, 0.4) is 0 Å². The number of tetrazole rings is 1. The van der Waals surface area contributed by atoms with Gasteiger partial charge < -0.3 is 14.9 Å². The minimum atomic E-state index is -1.01. The quantitative estimate of drug-likeness (QED) is 0.469. The monoisotopic (exact) mass is 515 g/mol. The third kappa shape index (κ3) is 4.16. The molecule has 1 N–H and O–H groups in total. The van der Waals surface area contributed by atoms with E-state index >= 15 is 0 Å². The van der Waals surface area contributed by atoms with Crippen molar-refractivity contribution in [1.82, 2.24) is 25.2 Å². The van der Waals surface area contributed by atoms with Gasteiger partial charge in [0.05, 0.1) is 22.2 Å². The Balaban J connectivity index is 1.50. The summed E-state index contributed by atoms with van der Waals surface area (Å²) in [5.41, 5.74) is 1.10. The average Bonchev–Trinajstić information content (AvgIpc) is 3.54. The molecule has 2 aliphatic heterocycles. The lowest BCUT2D eigenvalue weighted by atomic mass is 9.81. The molecule has 2 saturated heterocycles. The maximum atomic E-state index is 11.0. The molecule has 0 aliphatic carbocycles. The summed E-state index contributed by atoms with van der Waals surface area (Å²) in [5.74, 6) is 0.337. The van der Waals surface area contributed by atoms with E-state index in [1.54, 1.807) is 6.20 Å². The van der Waals surface area contributed by atoms with E-state index in [1.807, 2.05) is 12.1 Å². The molecule has 1 aromatic carbocycles.